The third-order valence-corrected chi connectivity index (χ3v) is 2.33. The van der Waals surface area contributed by atoms with Crippen LogP contribution in [0, 0.1) is 0 Å². The Bertz CT molecular complexity index is 412. The van der Waals surface area contributed by atoms with Crippen molar-refractivity contribution in [3.05, 3.63) is 23.0 Å². The van der Waals surface area contributed by atoms with Gasteiger partial charge in [0.1, 0.15) is 22.7 Å². The average molecular weight is 262 g/mol. The molecule has 0 fully saturated rings. The second-order valence-electron chi connectivity index (χ2n) is 3.33. The fourth-order valence-electron chi connectivity index (χ4n) is 1.21. The lowest BCUT2D eigenvalue weighted by Gasteiger charge is -2.17. The van der Waals surface area contributed by atoms with Crippen LogP contribution >= 0.6 is 11.6 Å². The molecule has 0 aliphatic carbocycles. The van der Waals surface area contributed by atoms with E-state index in [2.05, 4.69) is 9.72 Å². The number of carbonyl (C=O) groups excluding carboxylic acids is 1. The minimum atomic E-state index is -1.52. The molecule has 6 nitrogen and oxygen atoms in total. The number of aliphatic hydroxyl groups excluding tert-OH is 2. The largest absolute Gasteiger partial charge is 0.506 e. The molecule has 0 bridgehead atoms. The van der Waals surface area contributed by atoms with Gasteiger partial charge in [0.2, 0.25) is 0 Å². The molecule has 0 saturated carbocycles. The third kappa shape index (κ3) is 3.55. The molecule has 0 amide bonds. The number of hydrogen-bond donors (Lipinski definition) is 3. The van der Waals surface area contributed by atoms with Crippen LogP contribution in [0.4, 0.5) is 0 Å². The highest BCUT2D eigenvalue weighted by Gasteiger charge is 2.25. The number of aromatic hydroxyl groups is 1. The van der Waals surface area contributed by atoms with E-state index in [4.69, 9.17) is 11.6 Å². The lowest BCUT2D eigenvalue weighted by atomic mass is 10.1. The molecule has 0 radical (unpaired) electrons. The number of halogens is 1. The first-order chi connectivity index (χ1) is 7.95. The van der Waals surface area contributed by atoms with E-state index in [1.54, 1.807) is 0 Å². The zero-order valence-electron chi connectivity index (χ0n) is 9.00. The number of carbonyl (C=O) groups is 1. The van der Waals surface area contributed by atoms with Crippen molar-refractivity contribution in [2.24, 2.45) is 0 Å². The number of aromatic nitrogens is 1. The Kier molecular flexibility index (Phi) is 4.68. The third-order valence-electron chi connectivity index (χ3n) is 2.12. The maximum Gasteiger partial charge on any atom is 0.308 e. The van der Waals surface area contributed by atoms with E-state index in [9.17, 15) is 20.1 Å². The quantitative estimate of drug-likeness (QED) is 0.536. The zero-order valence-corrected chi connectivity index (χ0v) is 9.76. The maximum atomic E-state index is 10.9. The summed E-state index contributed by atoms with van der Waals surface area (Å²) in [4.78, 5) is 14.6. The van der Waals surface area contributed by atoms with Crippen molar-refractivity contribution >= 4 is 17.6 Å². The van der Waals surface area contributed by atoms with Crippen molar-refractivity contribution in [1.29, 1.82) is 0 Å². The maximum absolute atomic E-state index is 10.9. The lowest BCUT2D eigenvalue weighted by Crippen LogP contribution is -2.23. The molecule has 3 N–H and O–H groups in total. The van der Waals surface area contributed by atoms with E-state index in [0.717, 1.165) is 7.11 Å². The van der Waals surface area contributed by atoms with Gasteiger partial charge in [-0.1, -0.05) is 11.6 Å². The van der Waals surface area contributed by atoms with Crippen LogP contribution in [-0.4, -0.2) is 39.5 Å². The first-order valence-corrected chi connectivity index (χ1v) is 5.12. The number of aliphatic hydroxyl groups is 2. The Hall–Kier alpha value is -1.37. The van der Waals surface area contributed by atoms with E-state index in [0.29, 0.717) is 0 Å². The number of esters is 1. The van der Waals surface area contributed by atoms with Crippen LogP contribution in [0.1, 0.15) is 18.2 Å². The van der Waals surface area contributed by atoms with Crippen molar-refractivity contribution in [2.75, 3.05) is 7.11 Å². The van der Waals surface area contributed by atoms with Gasteiger partial charge in [0, 0.05) is 0 Å². The summed E-state index contributed by atoms with van der Waals surface area (Å²) in [6, 6.07) is 2.57. The highest BCUT2D eigenvalue weighted by molar-refractivity contribution is 6.29. The van der Waals surface area contributed by atoms with Crippen molar-refractivity contribution in [3.63, 3.8) is 0 Å². The molecule has 0 aliphatic rings. The van der Waals surface area contributed by atoms with Crippen molar-refractivity contribution in [2.45, 2.75) is 18.6 Å². The molecular weight excluding hydrogens is 250 g/mol. The van der Waals surface area contributed by atoms with Gasteiger partial charge in [-0.15, -0.1) is 0 Å². The van der Waals surface area contributed by atoms with Gasteiger partial charge in [-0.2, -0.15) is 0 Å². The van der Waals surface area contributed by atoms with Crippen LogP contribution in [0.2, 0.25) is 5.15 Å². The molecule has 7 heteroatoms. The molecule has 0 aromatic carbocycles. The van der Waals surface area contributed by atoms with Gasteiger partial charge in [-0.05, 0) is 12.1 Å². The molecule has 17 heavy (non-hydrogen) atoms. The fraction of sp³-hybridized carbons (Fsp3) is 0.400. The summed E-state index contributed by atoms with van der Waals surface area (Å²) in [5, 5.41) is 28.7. The molecular formula is C10H12ClNO5. The Balaban J connectivity index is 2.84. The summed E-state index contributed by atoms with van der Waals surface area (Å²) >= 11 is 5.59. The van der Waals surface area contributed by atoms with Gasteiger partial charge in [0.15, 0.2) is 0 Å². The zero-order chi connectivity index (χ0) is 13.0. The monoisotopic (exact) mass is 261 g/mol. The molecule has 0 spiro atoms. The summed E-state index contributed by atoms with van der Waals surface area (Å²) in [5.74, 6) is -0.996. The number of rotatable bonds is 4. The summed E-state index contributed by atoms with van der Waals surface area (Å²) in [5.41, 5.74) is -0.186. The normalized spacial score (nSPS) is 14.1. The van der Waals surface area contributed by atoms with Crippen LogP contribution in [0.25, 0.3) is 0 Å². The molecule has 2 unspecified atom stereocenters. The van der Waals surface area contributed by atoms with Gasteiger partial charge in [-0.3, -0.25) is 4.79 Å². The molecule has 1 heterocycles. The minimum absolute atomic E-state index is 0.0575. The smallest absolute Gasteiger partial charge is 0.308 e. The Morgan fingerprint density at radius 2 is 2.18 bits per heavy atom. The molecule has 0 saturated heterocycles. The number of methoxy groups -OCH3 is 1. The van der Waals surface area contributed by atoms with Gasteiger partial charge >= 0.3 is 5.97 Å². The molecule has 0 aliphatic heterocycles. The fourth-order valence-corrected chi connectivity index (χ4v) is 1.36. The highest BCUT2D eigenvalue weighted by atomic mass is 35.5. The predicted octanol–water partition coefficient (Wildman–Crippen LogP) is 0.398. The second kappa shape index (κ2) is 5.81. The topological polar surface area (TPSA) is 99.9 Å². The van der Waals surface area contributed by atoms with Crippen molar-refractivity contribution in [3.8, 4) is 5.75 Å². The van der Waals surface area contributed by atoms with E-state index in [-0.39, 0.29) is 16.6 Å². The summed E-state index contributed by atoms with van der Waals surface area (Å²) in [6.45, 7) is 0. The van der Waals surface area contributed by atoms with E-state index in [1.165, 1.54) is 12.1 Å². The van der Waals surface area contributed by atoms with Gasteiger partial charge in [0.05, 0.1) is 19.6 Å². The Morgan fingerprint density at radius 3 is 2.76 bits per heavy atom. The number of pyridine rings is 1. The van der Waals surface area contributed by atoms with Crippen LogP contribution < -0.4 is 0 Å². The number of ether oxygens (including phenoxy) is 1. The average Bonchev–Trinajstić information content (AvgIpc) is 2.31. The standard InChI is InChI=1S/C10H12ClNO5/c1-17-8(15)4-6(14)10(16)9-5(13)2-3-7(11)12-9/h2-3,6,10,13-14,16H,4H2,1H3. The van der Waals surface area contributed by atoms with E-state index >= 15 is 0 Å². The molecule has 2 atom stereocenters. The van der Waals surface area contributed by atoms with E-state index in [1.807, 2.05) is 0 Å². The predicted molar refractivity (Wildman–Crippen MR) is 58.5 cm³/mol. The lowest BCUT2D eigenvalue weighted by molar-refractivity contribution is -0.144. The van der Waals surface area contributed by atoms with Crippen molar-refractivity contribution in [1.82, 2.24) is 4.98 Å². The van der Waals surface area contributed by atoms with Crippen LogP contribution in [-0.2, 0) is 9.53 Å². The summed E-state index contributed by atoms with van der Waals surface area (Å²) in [7, 11) is 1.16. The number of hydrogen-bond acceptors (Lipinski definition) is 6. The van der Waals surface area contributed by atoms with Crippen LogP contribution in [0.3, 0.4) is 0 Å². The minimum Gasteiger partial charge on any atom is -0.506 e. The number of nitrogens with zero attached hydrogens (tertiary/aromatic N) is 1. The SMILES string of the molecule is COC(=O)CC(O)C(O)c1nc(Cl)ccc1O. The summed E-state index contributed by atoms with van der Waals surface area (Å²) in [6.07, 6.45) is -3.36. The first-order valence-electron chi connectivity index (χ1n) is 4.74. The molecule has 1 aromatic rings. The molecule has 94 valence electrons. The highest BCUT2D eigenvalue weighted by Crippen LogP contribution is 2.27. The van der Waals surface area contributed by atoms with Gasteiger partial charge in [-0.25, -0.2) is 4.98 Å². The van der Waals surface area contributed by atoms with Crippen LogP contribution in [0.15, 0.2) is 12.1 Å². The van der Waals surface area contributed by atoms with E-state index < -0.39 is 24.6 Å². The summed E-state index contributed by atoms with van der Waals surface area (Å²) < 4.78 is 4.34. The van der Waals surface area contributed by atoms with Gasteiger partial charge in [0.25, 0.3) is 0 Å². The Morgan fingerprint density at radius 1 is 1.53 bits per heavy atom. The Labute approximate surface area is 102 Å². The first kappa shape index (κ1) is 13.7. The van der Waals surface area contributed by atoms with Crippen molar-refractivity contribution < 1.29 is 24.9 Å². The van der Waals surface area contributed by atoms with Gasteiger partial charge < -0.3 is 20.1 Å². The molecule has 1 rings (SSSR count). The van der Waals surface area contributed by atoms with Crippen LogP contribution in [0.5, 0.6) is 5.75 Å². The molecule has 1 aromatic heterocycles. The second-order valence-corrected chi connectivity index (χ2v) is 3.72.